The van der Waals surface area contributed by atoms with Crippen molar-refractivity contribution in [2.45, 2.75) is 39.7 Å². The monoisotopic (exact) mass is 342 g/mol. The number of guanidine groups is 1. The maximum atomic E-state index is 12.1. The molecule has 1 fully saturated rings. The fraction of sp³-hybridized carbons (Fsp3) is 0.882. The van der Waals surface area contributed by atoms with Gasteiger partial charge in [-0.1, -0.05) is 0 Å². The molecule has 0 aliphatic carbocycles. The highest BCUT2D eigenvalue weighted by Gasteiger charge is 2.25. The van der Waals surface area contributed by atoms with Crippen LogP contribution in [0.3, 0.4) is 0 Å². The van der Waals surface area contributed by atoms with Gasteiger partial charge in [0, 0.05) is 52.8 Å². The third-order valence-corrected chi connectivity index (χ3v) is 3.90. The van der Waals surface area contributed by atoms with Crippen LogP contribution < -0.4 is 5.32 Å². The van der Waals surface area contributed by atoms with Crippen molar-refractivity contribution in [3.05, 3.63) is 0 Å². The average Bonchev–Trinajstić information content (AvgIpc) is 2.94. The molecule has 1 heterocycles. The molecular weight excluding hydrogens is 308 g/mol. The zero-order chi connectivity index (χ0) is 18.2. The number of carbonyl (C=O) groups is 1. The number of aliphatic imine (C=N–C) groups is 1. The Morgan fingerprint density at radius 2 is 2.12 bits per heavy atom. The number of amides is 1. The van der Waals surface area contributed by atoms with Gasteiger partial charge in [0.15, 0.2) is 5.96 Å². The Labute approximate surface area is 146 Å². The highest BCUT2D eigenvalue weighted by Crippen LogP contribution is 2.16. The van der Waals surface area contributed by atoms with Crippen molar-refractivity contribution in [3.8, 4) is 0 Å². The summed E-state index contributed by atoms with van der Waals surface area (Å²) in [5.41, 5.74) is -0.472. The smallest absolute Gasteiger partial charge is 0.410 e. The van der Waals surface area contributed by atoms with Crippen molar-refractivity contribution < 1.29 is 14.3 Å². The lowest BCUT2D eigenvalue weighted by molar-refractivity contribution is 0.0263. The molecule has 1 N–H and O–H groups in total. The van der Waals surface area contributed by atoms with Gasteiger partial charge in [0.25, 0.3) is 0 Å². The molecule has 0 saturated carbocycles. The molecule has 0 bridgehead atoms. The minimum Gasteiger partial charge on any atom is -0.444 e. The average molecular weight is 342 g/mol. The number of rotatable bonds is 6. The van der Waals surface area contributed by atoms with E-state index in [1.165, 1.54) is 0 Å². The Bertz CT molecular complexity index is 421. The first-order valence-electron chi connectivity index (χ1n) is 8.73. The van der Waals surface area contributed by atoms with E-state index in [2.05, 4.69) is 15.2 Å². The van der Waals surface area contributed by atoms with Gasteiger partial charge in [0.2, 0.25) is 0 Å². The second-order valence-corrected chi connectivity index (χ2v) is 7.09. The largest absolute Gasteiger partial charge is 0.444 e. The molecule has 1 saturated heterocycles. The van der Waals surface area contributed by atoms with E-state index in [0.717, 1.165) is 32.1 Å². The Balaban J connectivity index is 2.42. The summed E-state index contributed by atoms with van der Waals surface area (Å²) in [5.74, 6) is 1.44. The highest BCUT2D eigenvalue weighted by atomic mass is 16.6. The van der Waals surface area contributed by atoms with Crippen molar-refractivity contribution >= 4 is 12.1 Å². The number of nitrogens with one attached hydrogen (secondary N) is 1. The summed E-state index contributed by atoms with van der Waals surface area (Å²) in [6, 6.07) is 0. The number of likely N-dealkylation sites (N-methyl/N-ethyl adjacent to an activating group) is 1. The maximum Gasteiger partial charge on any atom is 0.410 e. The van der Waals surface area contributed by atoms with Crippen molar-refractivity contribution in [3.63, 3.8) is 0 Å². The number of hydrogen-bond acceptors (Lipinski definition) is 4. The summed E-state index contributed by atoms with van der Waals surface area (Å²) in [7, 11) is 3.53. The van der Waals surface area contributed by atoms with Crippen molar-refractivity contribution in [2.75, 3.05) is 53.5 Å². The third-order valence-electron chi connectivity index (χ3n) is 3.90. The van der Waals surface area contributed by atoms with Gasteiger partial charge in [-0.3, -0.25) is 4.99 Å². The first-order valence-corrected chi connectivity index (χ1v) is 8.73. The van der Waals surface area contributed by atoms with Crippen LogP contribution in [-0.4, -0.2) is 80.9 Å². The Morgan fingerprint density at radius 3 is 2.67 bits per heavy atom. The first-order chi connectivity index (χ1) is 11.3. The summed E-state index contributed by atoms with van der Waals surface area (Å²) >= 11 is 0. The second kappa shape index (κ2) is 9.71. The summed E-state index contributed by atoms with van der Waals surface area (Å²) in [6.07, 6.45) is 0.844. The normalized spacial score (nSPS) is 18.7. The van der Waals surface area contributed by atoms with E-state index >= 15 is 0 Å². The van der Waals surface area contributed by atoms with E-state index < -0.39 is 5.60 Å². The van der Waals surface area contributed by atoms with Crippen LogP contribution in [0.15, 0.2) is 4.99 Å². The zero-order valence-electron chi connectivity index (χ0n) is 16.1. The number of methoxy groups -OCH3 is 1. The van der Waals surface area contributed by atoms with Crippen molar-refractivity contribution in [2.24, 2.45) is 10.9 Å². The predicted molar refractivity (Wildman–Crippen MR) is 96.4 cm³/mol. The molecule has 0 aromatic rings. The zero-order valence-corrected chi connectivity index (χ0v) is 16.1. The number of ether oxygens (including phenoxy) is 2. The molecule has 1 aliphatic heterocycles. The number of likely N-dealkylation sites (tertiary alicyclic amines) is 1. The summed E-state index contributed by atoms with van der Waals surface area (Å²) in [5, 5.41) is 3.34. The van der Waals surface area contributed by atoms with Gasteiger partial charge in [0.05, 0.1) is 6.61 Å². The molecule has 1 atom stereocenters. The molecule has 7 heteroatoms. The number of hydrogen-bond donors (Lipinski definition) is 1. The lowest BCUT2D eigenvalue weighted by Crippen LogP contribution is -2.45. The van der Waals surface area contributed by atoms with Crippen LogP contribution in [0.5, 0.6) is 0 Å². The van der Waals surface area contributed by atoms with Crippen molar-refractivity contribution in [1.82, 2.24) is 15.1 Å². The first kappa shape index (κ1) is 20.5. The fourth-order valence-corrected chi connectivity index (χ4v) is 2.74. The predicted octanol–water partition coefficient (Wildman–Crippen LogP) is 1.79. The summed E-state index contributed by atoms with van der Waals surface area (Å²) in [6.45, 7) is 12.2. The molecule has 1 unspecified atom stereocenters. The maximum absolute atomic E-state index is 12.1. The minimum absolute atomic E-state index is 0.275. The standard InChI is InChI=1S/C17H34N4O3/c1-7-20(16(22)24-17(2,3)4)11-9-19-15(18-5)21-10-8-14(12-21)13-23-6/h14H,7-13H2,1-6H3,(H,18,19). The van der Waals surface area contributed by atoms with E-state index in [1.54, 1.807) is 19.1 Å². The molecule has 24 heavy (non-hydrogen) atoms. The molecule has 0 aromatic heterocycles. The van der Waals surface area contributed by atoms with E-state index in [1.807, 2.05) is 27.7 Å². The quantitative estimate of drug-likeness (QED) is 0.589. The molecular formula is C17H34N4O3. The lowest BCUT2D eigenvalue weighted by atomic mass is 10.1. The van der Waals surface area contributed by atoms with Crippen LogP contribution >= 0.6 is 0 Å². The molecule has 0 radical (unpaired) electrons. The van der Waals surface area contributed by atoms with Crippen LogP contribution in [0, 0.1) is 5.92 Å². The molecule has 140 valence electrons. The number of nitrogens with zero attached hydrogens (tertiary/aromatic N) is 3. The number of carbonyl (C=O) groups excluding carboxylic acids is 1. The van der Waals surface area contributed by atoms with Gasteiger partial charge in [-0.15, -0.1) is 0 Å². The molecule has 1 amide bonds. The highest BCUT2D eigenvalue weighted by molar-refractivity contribution is 5.80. The van der Waals surface area contributed by atoms with Crippen LogP contribution in [0.1, 0.15) is 34.1 Å². The van der Waals surface area contributed by atoms with Crippen LogP contribution in [0.25, 0.3) is 0 Å². The SMILES string of the molecule is CCN(CCNC(=NC)N1CCC(COC)C1)C(=O)OC(C)(C)C. The van der Waals surface area contributed by atoms with Gasteiger partial charge in [-0.05, 0) is 34.1 Å². The molecule has 1 aliphatic rings. The van der Waals surface area contributed by atoms with E-state index in [4.69, 9.17) is 9.47 Å². The Morgan fingerprint density at radius 1 is 1.42 bits per heavy atom. The van der Waals surface area contributed by atoms with Crippen LogP contribution in [-0.2, 0) is 9.47 Å². The van der Waals surface area contributed by atoms with E-state index in [9.17, 15) is 4.79 Å². The van der Waals surface area contributed by atoms with Crippen LogP contribution in [0.2, 0.25) is 0 Å². The summed E-state index contributed by atoms with van der Waals surface area (Å²) in [4.78, 5) is 20.4. The van der Waals surface area contributed by atoms with Gasteiger partial charge >= 0.3 is 6.09 Å². The minimum atomic E-state index is -0.472. The van der Waals surface area contributed by atoms with Gasteiger partial charge < -0.3 is 24.6 Å². The Hall–Kier alpha value is -1.50. The molecule has 0 aromatic carbocycles. The molecule has 0 spiro atoms. The molecule has 7 nitrogen and oxygen atoms in total. The third kappa shape index (κ3) is 6.95. The van der Waals surface area contributed by atoms with Crippen LogP contribution in [0.4, 0.5) is 4.79 Å². The van der Waals surface area contributed by atoms with E-state index in [0.29, 0.717) is 25.6 Å². The van der Waals surface area contributed by atoms with E-state index in [-0.39, 0.29) is 6.09 Å². The lowest BCUT2D eigenvalue weighted by Gasteiger charge is -2.27. The van der Waals surface area contributed by atoms with Gasteiger partial charge in [-0.2, -0.15) is 0 Å². The van der Waals surface area contributed by atoms with Crippen molar-refractivity contribution in [1.29, 1.82) is 0 Å². The second-order valence-electron chi connectivity index (χ2n) is 7.09. The topological polar surface area (TPSA) is 66.4 Å². The van der Waals surface area contributed by atoms with Gasteiger partial charge in [0.1, 0.15) is 5.60 Å². The summed E-state index contributed by atoms with van der Waals surface area (Å²) < 4.78 is 10.7. The van der Waals surface area contributed by atoms with Gasteiger partial charge in [-0.25, -0.2) is 4.79 Å². The molecule has 1 rings (SSSR count). The fourth-order valence-electron chi connectivity index (χ4n) is 2.74. The Kier molecular flexibility index (Phi) is 8.31.